The summed E-state index contributed by atoms with van der Waals surface area (Å²) >= 11 is 0. The number of likely N-dealkylation sites (tertiary alicyclic amines) is 1. The van der Waals surface area contributed by atoms with Crippen LogP contribution in [0.5, 0.6) is 0 Å². The Labute approximate surface area is 118 Å². The molecule has 6 heteroatoms. The minimum absolute atomic E-state index is 0.0000693. The quantitative estimate of drug-likeness (QED) is 0.737. The molecule has 1 aliphatic rings. The molecule has 1 unspecified atom stereocenters. The topological polar surface area (TPSA) is 91.2 Å². The fourth-order valence-corrected chi connectivity index (χ4v) is 2.57. The number of hydrogen-bond donors (Lipinski definition) is 3. The molecule has 2 rings (SSSR count). The third-order valence-electron chi connectivity index (χ3n) is 3.71. The maximum absolute atomic E-state index is 12.4. The molecule has 1 aromatic rings. The van der Waals surface area contributed by atoms with Crippen LogP contribution in [0, 0.1) is 12.8 Å². The predicted molar refractivity (Wildman–Crippen MR) is 76.2 cm³/mol. The minimum atomic E-state index is -0.126. The van der Waals surface area contributed by atoms with Crippen LogP contribution in [0.4, 0.5) is 0 Å². The Morgan fingerprint density at radius 1 is 1.55 bits per heavy atom. The average molecular weight is 278 g/mol. The van der Waals surface area contributed by atoms with E-state index in [2.05, 4.69) is 10.3 Å². The number of carbonyl (C=O) groups excluding carboxylic acids is 2. The van der Waals surface area contributed by atoms with Crippen molar-refractivity contribution in [2.45, 2.75) is 19.8 Å². The molecule has 2 heterocycles. The van der Waals surface area contributed by atoms with Crippen LogP contribution < -0.4 is 11.1 Å². The zero-order valence-electron chi connectivity index (χ0n) is 11.8. The molecule has 0 aromatic carbocycles. The molecule has 1 atom stereocenters. The van der Waals surface area contributed by atoms with Gasteiger partial charge in [-0.25, -0.2) is 0 Å². The van der Waals surface area contributed by atoms with Crippen LogP contribution in [-0.4, -0.2) is 47.9 Å². The first-order valence-corrected chi connectivity index (χ1v) is 7.04. The van der Waals surface area contributed by atoms with Crippen molar-refractivity contribution in [3.05, 3.63) is 23.5 Å². The third kappa shape index (κ3) is 3.19. The van der Waals surface area contributed by atoms with Gasteiger partial charge in [0.2, 0.25) is 5.91 Å². The Hall–Kier alpha value is -1.82. The summed E-state index contributed by atoms with van der Waals surface area (Å²) in [4.78, 5) is 29.2. The highest BCUT2D eigenvalue weighted by Crippen LogP contribution is 2.19. The van der Waals surface area contributed by atoms with Crippen molar-refractivity contribution in [3.8, 4) is 0 Å². The highest BCUT2D eigenvalue weighted by molar-refractivity contribution is 5.95. The first-order valence-electron chi connectivity index (χ1n) is 7.04. The lowest BCUT2D eigenvalue weighted by Gasteiger charge is -2.32. The number of aromatic nitrogens is 1. The molecule has 1 aliphatic heterocycles. The molecule has 110 valence electrons. The Bertz CT molecular complexity index is 483. The van der Waals surface area contributed by atoms with Crippen molar-refractivity contribution in [2.24, 2.45) is 11.7 Å². The van der Waals surface area contributed by atoms with E-state index in [9.17, 15) is 9.59 Å². The van der Waals surface area contributed by atoms with Gasteiger partial charge in [0.25, 0.3) is 5.91 Å². The van der Waals surface area contributed by atoms with E-state index < -0.39 is 0 Å². The van der Waals surface area contributed by atoms with Crippen LogP contribution in [0.1, 0.15) is 28.9 Å². The van der Waals surface area contributed by atoms with Crippen LogP contribution in [-0.2, 0) is 4.79 Å². The number of H-pyrrole nitrogens is 1. The van der Waals surface area contributed by atoms with Crippen molar-refractivity contribution < 1.29 is 9.59 Å². The number of aromatic amines is 1. The standard InChI is InChI=1S/C14H22N4O2/c1-10-12(4-6-16-10)14(20)18-8-2-3-11(9-18)13(19)17-7-5-15/h4,6,11,16H,2-3,5,7-9,15H2,1H3,(H,17,19). The minimum Gasteiger partial charge on any atom is -0.365 e. The lowest BCUT2D eigenvalue weighted by molar-refractivity contribution is -0.126. The predicted octanol–water partition coefficient (Wildman–Crippen LogP) is 0.250. The number of nitrogens with two attached hydrogens (primary N) is 1. The number of piperidine rings is 1. The summed E-state index contributed by atoms with van der Waals surface area (Å²) in [7, 11) is 0. The molecule has 6 nitrogen and oxygen atoms in total. The molecule has 0 aliphatic carbocycles. The van der Waals surface area contributed by atoms with Crippen molar-refractivity contribution in [2.75, 3.05) is 26.2 Å². The Balaban J connectivity index is 1.98. The van der Waals surface area contributed by atoms with Gasteiger partial charge in [0.05, 0.1) is 11.5 Å². The van der Waals surface area contributed by atoms with Crippen LogP contribution in [0.3, 0.4) is 0 Å². The smallest absolute Gasteiger partial charge is 0.255 e. The van der Waals surface area contributed by atoms with E-state index in [-0.39, 0.29) is 17.7 Å². The van der Waals surface area contributed by atoms with Gasteiger partial charge >= 0.3 is 0 Å². The lowest BCUT2D eigenvalue weighted by Crippen LogP contribution is -2.46. The largest absolute Gasteiger partial charge is 0.365 e. The van der Waals surface area contributed by atoms with Gasteiger partial charge in [-0.1, -0.05) is 0 Å². The maximum atomic E-state index is 12.4. The monoisotopic (exact) mass is 278 g/mol. The molecule has 1 fully saturated rings. The van der Waals surface area contributed by atoms with Gasteiger partial charge in [-0.15, -0.1) is 0 Å². The van der Waals surface area contributed by atoms with Crippen molar-refractivity contribution in [3.63, 3.8) is 0 Å². The number of nitrogens with zero attached hydrogens (tertiary/aromatic N) is 1. The van der Waals surface area contributed by atoms with E-state index in [0.29, 0.717) is 31.7 Å². The molecule has 0 spiro atoms. The van der Waals surface area contributed by atoms with E-state index in [1.54, 1.807) is 17.2 Å². The summed E-state index contributed by atoms with van der Waals surface area (Å²) in [6.45, 7) is 4.00. The number of nitrogens with one attached hydrogen (secondary N) is 2. The lowest BCUT2D eigenvalue weighted by atomic mass is 9.96. The third-order valence-corrected chi connectivity index (χ3v) is 3.71. The van der Waals surface area contributed by atoms with E-state index in [0.717, 1.165) is 18.5 Å². The molecule has 1 saturated heterocycles. The molecule has 0 bridgehead atoms. The van der Waals surface area contributed by atoms with E-state index in [1.807, 2.05) is 6.92 Å². The highest BCUT2D eigenvalue weighted by atomic mass is 16.2. The number of aryl methyl sites for hydroxylation is 1. The summed E-state index contributed by atoms with van der Waals surface area (Å²) in [5, 5.41) is 2.80. The zero-order valence-corrected chi connectivity index (χ0v) is 11.8. The number of hydrogen-bond acceptors (Lipinski definition) is 3. The molecule has 0 radical (unpaired) electrons. The average Bonchev–Trinajstić information content (AvgIpc) is 2.90. The molecule has 2 amide bonds. The Morgan fingerprint density at radius 2 is 2.35 bits per heavy atom. The summed E-state index contributed by atoms with van der Waals surface area (Å²) in [6, 6.07) is 1.79. The van der Waals surface area contributed by atoms with Crippen molar-refractivity contribution in [1.29, 1.82) is 0 Å². The fourth-order valence-electron chi connectivity index (χ4n) is 2.57. The Kier molecular flexibility index (Phi) is 4.79. The van der Waals surface area contributed by atoms with E-state index in [1.165, 1.54) is 0 Å². The van der Waals surface area contributed by atoms with Gasteiger partial charge in [0, 0.05) is 38.1 Å². The Morgan fingerprint density at radius 3 is 3.00 bits per heavy atom. The van der Waals surface area contributed by atoms with Gasteiger partial charge in [0.1, 0.15) is 0 Å². The second-order valence-corrected chi connectivity index (χ2v) is 5.19. The normalized spacial score (nSPS) is 18.9. The summed E-state index contributed by atoms with van der Waals surface area (Å²) < 4.78 is 0. The number of amides is 2. The van der Waals surface area contributed by atoms with Crippen LogP contribution in [0.25, 0.3) is 0 Å². The van der Waals surface area contributed by atoms with E-state index in [4.69, 9.17) is 5.73 Å². The van der Waals surface area contributed by atoms with E-state index >= 15 is 0 Å². The van der Waals surface area contributed by atoms with Crippen LogP contribution in [0.15, 0.2) is 12.3 Å². The van der Waals surface area contributed by atoms with Crippen molar-refractivity contribution >= 4 is 11.8 Å². The molecular formula is C14H22N4O2. The molecule has 4 N–H and O–H groups in total. The van der Waals surface area contributed by atoms with Crippen LogP contribution >= 0.6 is 0 Å². The molecule has 1 aromatic heterocycles. The second kappa shape index (κ2) is 6.56. The first kappa shape index (κ1) is 14.6. The maximum Gasteiger partial charge on any atom is 0.255 e. The first-order chi connectivity index (χ1) is 9.63. The van der Waals surface area contributed by atoms with Gasteiger partial charge in [0.15, 0.2) is 0 Å². The van der Waals surface area contributed by atoms with Gasteiger partial charge in [-0.2, -0.15) is 0 Å². The molecule has 20 heavy (non-hydrogen) atoms. The summed E-state index contributed by atoms with van der Waals surface area (Å²) in [5.74, 6) is -0.127. The summed E-state index contributed by atoms with van der Waals surface area (Å²) in [5.41, 5.74) is 6.93. The molecular weight excluding hydrogens is 256 g/mol. The zero-order chi connectivity index (χ0) is 14.5. The van der Waals surface area contributed by atoms with Gasteiger partial charge < -0.3 is 20.9 Å². The molecule has 0 saturated carbocycles. The number of rotatable bonds is 4. The van der Waals surface area contributed by atoms with Crippen LogP contribution in [0.2, 0.25) is 0 Å². The van der Waals surface area contributed by atoms with Gasteiger partial charge in [-0.05, 0) is 25.8 Å². The highest BCUT2D eigenvalue weighted by Gasteiger charge is 2.29. The number of carbonyl (C=O) groups is 2. The van der Waals surface area contributed by atoms with Crippen molar-refractivity contribution in [1.82, 2.24) is 15.2 Å². The van der Waals surface area contributed by atoms with Gasteiger partial charge in [-0.3, -0.25) is 9.59 Å². The fraction of sp³-hybridized carbons (Fsp3) is 0.571. The second-order valence-electron chi connectivity index (χ2n) is 5.19. The summed E-state index contributed by atoms with van der Waals surface area (Å²) in [6.07, 6.45) is 3.44. The SMILES string of the molecule is Cc1[nH]ccc1C(=O)N1CCCC(C(=O)NCCN)C1.